The number of rotatable bonds is 2. The molecule has 0 spiro atoms. The molecular formula is C19H13ClN2O. The summed E-state index contributed by atoms with van der Waals surface area (Å²) < 4.78 is 5.59. The fourth-order valence-electron chi connectivity index (χ4n) is 2.92. The van der Waals surface area contributed by atoms with Crippen LogP contribution in [0.25, 0.3) is 32.8 Å². The molecule has 0 aliphatic rings. The van der Waals surface area contributed by atoms with Crippen LogP contribution in [0.15, 0.2) is 60.7 Å². The van der Waals surface area contributed by atoms with Gasteiger partial charge in [0, 0.05) is 10.8 Å². The standard InChI is InChI=1S/C19H13ClN2O/c1-23-16-11-10-12-6-2-3-7-13(12)17(16)18-14-8-4-5-9-15(14)19(20)22-21-18/h2-11H,1H3. The van der Waals surface area contributed by atoms with Gasteiger partial charge in [-0.1, -0.05) is 66.2 Å². The molecule has 4 rings (SSSR count). The predicted octanol–water partition coefficient (Wildman–Crippen LogP) is 5.11. The van der Waals surface area contributed by atoms with Crippen LogP contribution in [-0.4, -0.2) is 17.3 Å². The monoisotopic (exact) mass is 320 g/mol. The molecule has 0 fully saturated rings. The molecule has 3 aromatic carbocycles. The fraction of sp³-hybridized carbons (Fsp3) is 0.0526. The van der Waals surface area contributed by atoms with Gasteiger partial charge in [-0.2, -0.15) is 0 Å². The molecule has 0 amide bonds. The highest BCUT2D eigenvalue weighted by molar-refractivity contribution is 6.34. The highest BCUT2D eigenvalue weighted by atomic mass is 35.5. The van der Waals surface area contributed by atoms with Crippen molar-refractivity contribution in [2.75, 3.05) is 7.11 Å². The first kappa shape index (κ1) is 14.0. The summed E-state index contributed by atoms with van der Waals surface area (Å²) in [5.41, 5.74) is 1.71. The van der Waals surface area contributed by atoms with Crippen LogP contribution >= 0.6 is 11.6 Å². The third-order valence-electron chi connectivity index (χ3n) is 3.99. The molecule has 23 heavy (non-hydrogen) atoms. The molecule has 0 unspecified atom stereocenters. The van der Waals surface area contributed by atoms with Gasteiger partial charge in [0.1, 0.15) is 11.4 Å². The number of nitrogens with zero attached hydrogens (tertiary/aromatic N) is 2. The van der Waals surface area contributed by atoms with E-state index in [2.05, 4.69) is 22.3 Å². The number of hydrogen-bond acceptors (Lipinski definition) is 3. The average molecular weight is 321 g/mol. The lowest BCUT2D eigenvalue weighted by molar-refractivity contribution is 0.417. The molecule has 0 saturated carbocycles. The maximum absolute atomic E-state index is 6.20. The molecule has 0 saturated heterocycles. The number of hydrogen-bond donors (Lipinski definition) is 0. The van der Waals surface area contributed by atoms with E-state index in [-0.39, 0.29) is 0 Å². The zero-order valence-electron chi connectivity index (χ0n) is 12.5. The van der Waals surface area contributed by atoms with Crippen LogP contribution in [0, 0.1) is 0 Å². The normalized spacial score (nSPS) is 11.0. The van der Waals surface area contributed by atoms with Gasteiger partial charge >= 0.3 is 0 Å². The van der Waals surface area contributed by atoms with Crippen molar-refractivity contribution in [3.8, 4) is 17.0 Å². The van der Waals surface area contributed by atoms with E-state index >= 15 is 0 Å². The summed E-state index contributed by atoms with van der Waals surface area (Å²) in [5, 5.41) is 13.0. The predicted molar refractivity (Wildman–Crippen MR) is 94.0 cm³/mol. The summed E-state index contributed by atoms with van der Waals surface area (Å²) in [6, 6.07) is 20.1. The lowest BCUT2D eigenvalue weighted by Gasteiger charge is -2.13. The third kappa shape index (κ3) is 2.21. The first-order chi connectivity index (χ1) is 11.3. The Bertz CT molecular complexity index is 1030. The summed E-state index contributed by atoms with van der Waals surface area (Å²) in [6.45, 7) is 0. The molecule has 1 heterocycles. The quantitative estimate of drug-likeness (QED) is 0.514. The zero-order chi connectivity index (χ0) is 15.8. The number of methoxy groups -OCH3 is 1. The van der Waals surface area contributed by atoms with E-state index in [1.807, 2.05) is 48.5 Å². The third-order valence-corrected chi connectivity index (χ3v) is 4.27. The molecule has 0 aliphatic carbocycles. The Balaban J connectivity index is 2.17. The SMILES string of the molecule is COc1ccc2ccccc2c1-c1nnc(Cl)c2ccccc12. The summed E-state index contributed by atoms with van der Waals surface area (Å²) in [5.74, 6) is 0.769. The first-order valence-electron chi connectivity index (χ1n) is 7.26. The van der Waals surface area contributed by atoms with Crippen molar-refractivity contribution in [1.29, 1.82) is 0 Å². The topological polar surface area (TPSA) is 35.0 Å². The van der Waals surface area contributed by atoms with Crippen LogP contribution in [0.5, 0.6) is 5.75 Å². The van der Waals surface area contributed by atoms with Crippen molar-refractivity contribution >= 4 is 33.1 Å². The van der Waals surface area contributed by atoms with Gasteiger partial charge < -0.3 is 4.74 Å². The first-order valence-corrected chi connectivity index (χ1v) is 7.64. The number of aromatic nitrogens is 2. The van der Waals surface area contributed by atoms with Gasteiger partial charge in [-0.25, -0.2) is 0 Å². The van der Waals surface area contributed by atoms with Gasteiger partial charge in [0.2, 0.25) is 0 Å². The second-order valence-electron chi connectivity index (χ2n) is 5.25. The van der Waals surface area contributed by atoms with Crippen molar-refractivity contribution in [3.63, 3.8) is 0 Å². The summed E-state index contributed by atoms with van der Waals surface area (Å²) in [4.78, 5) is 0. The maximum atomic E-state index is 6.20. The molecule has 0 aliphatic heterocycles. The number of halogens is 1. The number of fused-ring (bicyclic) bond motifs is 2. The molecule has 4 aromatic rings. The fourth-order valence-corrected chi connectivity index (χ4v) is 3.12. The van der Waals surface area contributed by atoms with E-state index in [9.17, 15) is 0 Å². The molecule has 3 nitrogen and oxygen atoms in total. The van der Waals surface area contributed by atoms with Crippen LogP contribution < -0.4 is 4.74 Å². The van der Waals surface area contributed by atoms with Gasteiger partial charge in [-0.15, -0.1) is 10.2 Å². The minimum Gasteiger partial charge on any atom is -0.496 e. The number of ether oxygens (including phenoxy) is 1. The molecule has 1 aromatic heterocycles. The van der Waals surface area contributed by atoms with Crippen molar-refractivity contribution in [1.82, 2.24) is 10.2 Å². The Morgan fingerprint density at radius 1 is 0.783 bits per heavy atom. The van der Waals surface area contributed by atoms with E-state index < -0.39 is 0 Å². The Morgan fingerprint density at radius 3 is 2.26 bits per heavy atom. The van der Waals surface area contributed by atoms with Crippen LogP contribution in [-0.2, 0) is 0 Å². The van der Waals surface area contributed by atoms with Gasteiger partial charge in [0.25, 0.3) is 0 Å². The van der Waals surface area contributed by atoms with E-state index in [4.69, 9.17) is 16.3 Å². The highest BCUT2D eigenvalue weighted by Crippen LogP contribution is 2.39. The molecule has 4 heteroatoms. The van der Waals surface area contributed by atoms with Crippen LogP contribution in [0.3, 0.4) is 0 Å². The highest BCUT2D eigenvalue weighted by Gasteiger charge is 2.16. The minimum atomic E-state index is 0.406. The molecule has 0 atom stereocenters. The Kier molecular flexibility index (Phi) is 3.36. The van der Waals surface area contributed by atoms with Gasteiger partial charge in [-0.05, 0) is 16.8 Å². The minimum absolute atomic E-state index is 0.406. The lowest BCUT2D eigenvalue weighted by Crippen LogP contribution is -1.95. The summed E-state index contributed by atoms with van der Waals surface area (Å²) in [6.07, 6.45) is 0. The van der Waals surface area contributed by atoms with E-state index in [1.165, 1.54) is 0 Å². The molecule has 0 N–H and O–H groups in total. The Morgan fingerprint density at radius 2 is 1.48 bits per heavy atom. The molecule has 112 valence electrons. The van der Waals surface area contributed by atoms with E-state index in [1.54, 1.807) is 7.11 Å². The van der Waals surface area contributed by atoms with Crippen LogP contribution in [0.1, 0.15) is 0 Å². The molecule has 0 bridgehead atoms. The maximum Gasteiger partial charge on any atom is 0.159 e. The van der Waals surface area contributed by atoms with E-state index in [0.29, 0.717) is 5.15 Å². The molecular weight excluding hydrogens is 308 g/mol. The Hall–Kier alpha value is -2.65. The van der Waals surface area contributed by atoms with Crippen molar-refractivity contribution in [3.05, 3.63) is 65.8 Å². The van der Waals surface area contributed by atoms with Gasteiger partial charge in [-0.3, -0.25) is 0 Å². The van der Waals surface area contributed by atoms with Crippen molar-refractivity contribution < 1.29 is 4.74 Å². The van der Waals surface area contributed by atoms with Gasteiger partial charge in [0.15, 0.2) is 5.15 Å². The second kappa shape index (κ2) is 5.52. The summed E-state index contributed by atoms with van der Waals surface area (Å²) in [7, 11) is 1.67. The Labute approximate surface area is 138 Å². The second-order valence-corrected chi connectivity index (χ2v) is 5.61. The smallest absolute Gasteiger partial charge is 0.159 e. The lowest BCUT2D eigenvalue weighted by atomic mass is 9.98. The average Bonchev–Trinajstić information content (AvgIpc) is 2.62. The van der Waals surface area contributed by atoms with Crippen molar-refractivity contribution in [2.45, 2.75) is 0 Å². The van der Waals surface area contributed by atoms with Crippen LogP contribution in [0.2, 0.25) is 5.15 Å². The number of benzene rings is 3. The van der Waals surface area contributed by atoms with E-state index in [0.717, 1.165) is 38.6 Å². The molecule has 0 radical (unpaired) electrons. The van der Waals surface area contributed by atoms with Crippen molar-refractivity contribution in [2.24, 2.45) is 0 Å². The summed E-state index contributed by atoms with van der Waals surface area (Å²) >= 11 is 6.20. The largest absolute Gasteiger partial charge is 0.496 e. The van der Waals surface area contributed by atoms with Crippen LogP contribution in [0.4, 0.5) is 0 Å². The zero-order valence-corrected chi connectivity index (χ0v) is 13.2. The van der Waals surface area contributed by atoms with Gasteiger partial charge in [0.05, 0.1) is 12.7 Å².